The number of rotatable bonds is 12. The van der Waals surface area contributed by atoms with Crippen LogP contribution in [0.1, 0.15) is 68.2 Å². The summed E-state index contributed by atoms with van der Waals surface area (Å²) in [6, 6.07) is 7.58. The summed E-state index contributed by atoms with van der Waals surface area (Å²) in [5.41, 5.74) is 12.4. The topological polar surface area (TPSA) is 130 Å². The molecule has 9 nitrogen and oxygen atoms in total. The van der Waals surface area contributed by atoms with Crippen LogP contribution >= 0.6 is 0 Å². The van der Waals surface area contributed by atoms with Gasteiger partial charge in [0, 0.05) is 44.5 Å². The van der Waals surface area contributed by atoms with Crippen LogP contribution in [-0.4, -0.2) is 60.3 Å². The van der Waals surface area contributed by atoms with Crippen LogP contribution in [0, 0.1) is 25.2 Å². The van der Waals surface area contributed by atoms with Gasteiger partial charge in [0.1, 0.15) is 6.29 Å². The Kier molecular flexibility index (Phi) is 13.4. The number of aromatic nitrogens is 1. The number of anilines is 2. The molecule has 1 fully saturated rings. The number of hydrogen-bond acceptors (Lipinski definition) is 8. The van der Waals surface area contributed by atoms with Gasteiger partial charge in [0.05, 0.1) is 41.1 Å². The Balaban J connectivity index is 0.000000639. The third-order valence-electron chi connectivity index (χ3n) is 7.29. The molecule has 2 aromatic rings. The third kappa shape index (κ3) is 9.84. The second-order valence-corrected chi connectivity index (χ2v) is 11.9. The van der Waals surface area contributed by atoms with E-state index in [9.17, 15) is 14.4 Å². The zero-order chi connectivity index (χ0) is 33.0. The van der Waals surface area contributed by atoms with Crippen LogP contribution in [0.2, 0.25) is 0 Å². The molecule has 1 aromatic heterocycles. The van der Waals surface area contributed by atoms with Crippen molar-refractivity contribution < 1.29 is 14.4 Å². The summed E-state index contributed by atoms with van der Waals surface area (Å²) in [6.45, 7) is 20.7. The number of allylic oxidation sites excluding steroid dienone is 2. The summed E-state index contributed by atoms with van der Waals surface area (Å²) >= 11 is 0. The molecule has 3 rings (SSSR count). The number of nitrogens with one attached hydrogen (secondary N) is 2. The van der Waals surface area contributed by atoms with E-state index in [0.717, 1.165) is 47.3 Å². The monoisotopic (exact) mass is 600 g/mol. The van der Waals surface area contributed by atoms with Crippen molar-refractivity contribution in [2.45, 2.75) is 54.9 Å². The van der Waals surface area contributed by atoms with E-state index in [1.807, 2.05) is 39.0 Å². The number of amides is 1. The van der Waals surface area contributed by atoms with Crippen molar-refractivity contribution in [2.75, 3.05) is 37.3 Å². The molecular weight excluding hydrogens is 552 g/mol. The van der Waals surface area contributed by atoms with E-state index in [1.165, 1.54) is 12.3 Å². The highest BCUT2D eigenvalue weighted by molar-refractivity contribution is 6.29. The Labute approximate surface area is 262 Å². The normalized spacial score (nSPS) is 15.1. The van der Waals surface area contributed by atoms with Gasteiger partial charge in [-0.15, -0.1) is 0 Å². The number of ketones is 1. The third-order valence-corrected chi connectivity index (χ3v) is 7.29. The number of Topliss-reactive ketones (excluding diaryl/α,β-unsaturated/α-hetero) is 1. The first-order valence-electron chi connectivity index (χ1n) is 14.9. The quantitative estimate of drug-likeness (QED) is 0.119. The maximum atomic E-state index is 13.0. The SMILES string of the molecule is C=CC(=N\C=C(\c1ccc(C(=O)CC)c(C)c1)C(C)C)/C(=C\N)C(=O)Nc1cc(NC)cnc1C.CC1(C)CN(CC=O)C1. The number of likely N-dealkylation sites (tertiary alicyclic amines) is 1. The number of carbonyl (C=O) groups excluding carboxylic acids is 3. The Hall–Kier alpha value is -4.37. The van der Waals surface area contributed by atoms with E-state index in [1.54, 1.807) is 25.5 Å². The van der Waals surface area contributed by atoms with E-state index in [-0.39, 0.29) is 17.3 Å². The first kappa shape index (κ1) is 35.8. The van der Waals surface area contributed by atoms with Gasteiger partial charge >= 0.3 is 0 Å². The summed E-state index contributed by atoms with van der Waals surface area (Å²) < 4.78 is 0. The number of pyridine rings is 1. The Morgan fingerprint density at radius 2 is 1.89 bits per heavy atom. The molecule has 236 valence electrons. The average molecular weight is 601 g/mol. The smallest absolute Gasteiger partial charge is 0.259 e. The second kappa shape index (κ2) is 16.5. The minimum atomic E-state index is -0.415. The zero-order valence-corrected chi connectivity index (χ0v) is 27.5. The van der Waals surface area contributed by atoms with Crippen LogP contribution in [0.3, 0.4) is 0 Å². The number of aliphatic imine (C=N–C) groups is 1. The Morgan fingerprint density at radius 1 is 1.20 bits per heavy atom. The second-order valence-electron chi connectivity index (χ2n) is 11.9. The molecule has 44 heavy (non-hydrogen) atoms. The Morgan fingerprint density at radius 3 is 2.39 bits per heavy atom. The predicted molar refractivity (Wildman–Crippen MR) is 182 cm³/mol. The molecule has 0 saturated carbocycles. The lowest BCUT2D eigenvalue weighted by Crippen LogP contribution is -2.53. The van der Waals surface area contributed by atoms with Crippen molar-refractivity contribution in [1.29, 1.82) is 0 Å². The molecule has 4 N–H and O–H groups in total. The molecule has 1 amide bonds. The number of nitrogens with two attached hydrogens (primary N) is 1. The van der Waals surface area contributed by atoms with E-state index in [0.29, 0.717) is 35.5 Å². The van der Waals surface area contributed by atoms with Crippen LogP contribution in [-0.2, 0) is 9.59 Å². The van der Waals surface area contributed by atoms with Crippen LogP contribution in [0.15, 0.2) is 66.1 Å². The zero-order valence-electron chi connectivity index (χ0n) is 27.5. The molecule has 1 aliphatic heterocycles. The van der Waals surface area contributed by atoms with Gasteiger partial charge in [-0.1, -0.05) is 59.4 Å². The molecule has 0 radical (unpaired) electrons. The van der Waals surface area contributed by atoms with Gasteiger partial charge < -0.3 is 21.2 Å². The van der Waals surface area contributed by atoms with E-state index < -0.39 is 5.91 Å². The summed E-state index contributed by atoms with van der Waals surface area (Å²) in [5, 5.41) is 5.85. The summed E-state index contributed by atoms with van der Waals surface area (Å²) in [7, 11) is 1.78. The van der Waals surface area contributed by atoms with Crippen molar-refractivity contribution >= 4 is 40.6 Å². The molecule has 1 saturated heterocycles. The van der Waals surface area contributed by atoms with Crippen LogP contribution in [0.25, 0.3) is 5.57 Å². The first-order chi connectivity index (χ1) is 20.8. The van der Waals surface area contributed by atoms with Crippen molar-refractivity contribution in [3.8, 4) is 0 Å². The minimum Gasteiger partial charge on any atom is -0.404 e. The number of nitrogens with zero attached hydrogens (tertiary/aromatic N) is 3. The molecule has 0 unspecified atom stereocenters. The summed E-state index contributed by atoms with van der Waals surface area (Å²) in [4.78, 5) is 46.2. The number of hydrogen-bond donors (Lipinski definition) is 3. The van der Waals surface area contributed by atoms with Crippen LogP contribution in [0.5, 0.6) is 0 Å². The fourth-order valence-corrected chi connectivity index (χ4v) is 4.94. The largest absolute Gasteiger partial charge is 0.404 e. The first-order valence-corrected chi connectivity index (χ1v) is 14.9. The van der Waals surface area contributed by atoms with E-state index in [4.69, 9.17) is 5.73 Å². The highest BCUT2D eigenvalue weighted by Gasteiger charge is 2.33. The summed E-state index contributed by atoms with van der Waals surface area (Å²) in [5.74, 6) is -0.151. The molecule has 1 aromatic carbocycles. The number of aldehydes is 1. The molecule has 0 spiro atoms. The highest BCUT2D eigenvalue weighted by atomic mass is 16.2. The molecule has 0 aliphatic carbocycles. The van der Waals surface area contributed by atoms with Crippen LogP contribution < -0.4 is 16.4 Å². The maximum absolute atomic E-state index is 13.0. The van der Waals surface area contributed by atoms with Gasteiger partial charge in [0.15, 0.2) is 5.78 Å². The van der Waals surface area contributed by atoms with Gasteiger partial charge in [0.2, 0.25) is 0 Å². The minimum absolute atomic E-state index is 0.116. The lowest BCUT2D eigenvalue weighted by atomic mass is 9.85. The molecule has 2 heterocycles. The number of benzene rings is 1. The van der Waals surface area contributed by atoms with Crippen LogP contribution in [0.4, 0.5) is 11.4 Å². The van der Waals surface area contributed by atoms with Gasteiger partial charge in [0.25, 0.3) is 5.91 Å². The van der Waals surface area contributed by atoms with Crippen molar-refractivity contribution in [3.63, 3.8) is 0 Å². The molecular formula is C35H48N6O3. The molecule has 0 bridgehead atoms. The van der Waals surface area contributed by atoms with Gasteiger partial charge in [-0.2, -0.15) is 0 Å². The maximum Gasteiger partial charge on any atom is 0.259 e. The highest BCUT2D eigenvalue weighted by Crippen LogP contribution is 2.28. The average Bonchev–Trinajstić information content (AvgIpc) is 2.96. The lowest BCUT2D eigenvalue weighted by Gasteiger charge is -2.44. The fourth-order valence-electron chi connectivity index (χ4n) is 4.94. The Bertz CT molecular complexity index is 1440. The molecule has 9 heteroatoms. The predicted octanol–water partition coefficient (Wildman–Crippen LogP) is 5.97. The van der Waals surface area contributed by atoms with Gasteiger partial charge in [-0.25, -0.2) is 0 Å². The van der Waals surface area contributed by atoms with Crippen molar-refractivity contribution in [1.82, 2.24) is 9.88 Å². The van der Waals surface area contributed by atoms with Crippen molar-refractivity contribution in [3.05, 3.63) is 83.5 Å². The number of aryl methyl sites for hydroxylation is 2. The van der Waals surface area contributed by atoms with Gasteiger partial charge in [-0.3, -0.25) is 24.5 Å². The van der Waals surface area contributed by atoms with E-state index >= 15 is 0 Å². The molecule has 1 aliphatic rings. The summed E-state index contributed by atoms with van der Waals surface area (Å²) in [6.07, 6.45) is 7.56. The lowest BCUT2D eigenvalue weighted by molar-refractivity contribution is -0.112. The standard InChI is InChI=1S/C28H35N5O2.C7H13NO/c1-8-25(23(14-29)28(35)33-26-13-21(30-7)15-31-19(26)6)32-16-24(17(3)4)20-10-11-22(18(5)12-20)27(34)9-2;1-7(2)5-8(6-7)3-4-9/h8,10-17,30H,1,9,29H2,2-7H3,(H,33,35);4H,3,5-6H2,1-2H3/b23-14+,24-16+,32-25+;. The van der Waals surface area contributed by atoms with Crippen molar-refractivity contribution in [2.24, 2.45) is 22.1 Å². The fraction of sp³-hybridized carbons (Fsp3) is 0.400. The molecule has 0 atom stereocenters. The van der Waals surface area contributed by atoms with Gasteiger partial charge in [-0.05, 0) is 54.0 Å². The van der Waals surface area contributed by atoms with E-state index in [2.05, 4.69) is 59.8 Å². The number of carbonyl (C=O) groups is 3.